The van der Waals surface area contributed by atoms with Crippen molar-refractivity contribution in [1.29, 1.82) is 0 Å². The summed E-state index contributed by atoms with van der Waals surface area (Å²) in [6.07, 6.45) is 0. The van der Waals surface area contributed by atoms with Crippen LogP contribution in [0.15, 0.2) is 21.9 Å². The molecule has 3 heteroatoms. The van der Waals surface area contributed by atoms with Crippen LogP contribution in [0.4, 0.5) is 0 Å². The Hall–Kier alpha value is -1.35. The van der Waals surface area contributed by atoms with Gasteiger partial charge in [-0.25, -0.2) is 0 Å². The van der Waals surface area contributed by atoms with Crippen LogP contribution in [0, 0.1) is 20.8 Å². The van der Waals surface area contributed by atoms with E-state index >= 15 is 0 Å². The zero-order valence-corrected chi connectivity index (χ0v) is 9.77. The lowest BCUT2D eigenvalue weighted by atomic mass is 10.1. The standard InChI is InChI=1S/C12H12O2S/c1-7-8(2)14-9(3)11(7)12(13)10-5-4-6-15-10/h4-6H,1-3H3. The monoisotopic (exact) mass is 220 g/mol. The van der Waals surface area contributed by atoms with Gasteiger partial charge in [0.2, 0.25) is 5.78 Å². The van der Waals surface area contributed by atoms with Crippen LogP contribution in [-0.4, -0.2) is 5.78 Å². The van der Waals surface area contributed by atoms with Crippen LogP contribution in [0.1, 0.15) is 32.3 Å². The summed E-state index contributed by atoms with van der Waals surface area (Å²) in [5.41, 5.74) is 1.67. The summed E-state index contributed by atoms with van der Waals surface area (Å²) < 4.78 is 5.45. The van der Waals surface area contributed by atoms with Gasteiger partial charge in [0.1, 0.15) is 11.5 Å². The molecule has 2 aromatic heterocycles. The van der Waals surface area contributed by atoms with E-state index in [0.717, 1.165) is 21.8 Å². The van der Waals surface area contributed by atoms with E-state index < -0.39 is 0 Å². The molecule has 0 bridgehead atoms. The number of aryl methyl sites for hydroxylation is 2. The van der Waals surface area contributed by atoms with Gasteiger partial charge in [0.15, 0.2) is 0 Å². The van der Waals surface area contributed by atoms with Crippen LogP contribution in [-0.2, 0) is 0 Å². The SMILES string of the molecule is Cc1oc(C)c(C(=O)c2cccs2)c1C. The highest BCUT2D eigenvalue weighted by molar-refractivity contribution is 7.12. The molecule has 0 aromatic carbocycles. The zero-order valence-electron chi connectivity index (χ0n) is 8.96. The molecule has 0 fully saturated rings. The Balaban J connectivity index is 2.51. The van der Waals surface area contributed by atoms with Gasteiger partial charge in [-0.2, -0.15) is 0 Å². The number of rotatable bonds is 2. The number of carbonyl (C=O) groups is 1. The van der Waals surface area contributed by atoms with Crippen molar-refractivity contribution >= 4 is 17.1 Å². The molecular formula is C12H12O2S. The molecule has 15 heavy (non-hydrogen) atoms. The number of hydrogen-bond acceptors (Lipinski definition) is 3. The Labute approximate surface area is 92.5 Å². The van der Waals surface area contributed by atoms with E-state index in [1.54, 1.807) is 0 Å². The summed E-state index contributed by atoms with van der Waals surface area (Å²) in [5, 5.41) is 1.91. The lowest BCUT2D eigenvalue weighted by molar-refractivity contribution is 0.104. The van der Waals surface area contributed by atoms with E-state index in [1.165, 1.54) is 11.3 Å². The Bertz CT molecular complexity index is 492. The van der Waals surface area contributed by atoms with Gasteiger partial charge in [-0.3, -0.25) is 4.79 Å². The van der Waals surface area contributed by atoms with Gasteiger partial charge in [-0.1, -0.05) is 6.07 Å². The predicted molar refractivity (Wildman–Crippen MR) is 60.7 cm³/mol. The second-order valence-electron chi connectivity index (χ2n) is 3.52. The fourth-order valence-corrected chi connectivity index (χ4v) is 2.33. The first-order chi connectivity index (χ1) is 7.11. The minimum absolute atomic E-state index is 0.0665. The van der Waals surface area contributed by atoms with E-state index in [4.69, 9.17) is 4.42 Å². The van der Waals surface area contributed by atoms with Crippen LogP contribution >= 0.6 is 11.3 Å². The zero-order chi connectivity index (χ0) is 11.0. The third-order valence-corrected chi connectivity index (χ3v) is 3.40. The molecule has 0 aliphatic heterocycles. The molecule has 78 valence electrons. The average molecular weight is 220 g/mol. The van der Waals surface area contributed by atoms with Crippen molar-refractivity contribution < 1.29 is 9.21 Å². The van der Waals surface area contributed by atoms with Crippen molar-refractivity contribution in [2.75, 3.05) is 0 Å². The summed E-state index contributed by atoms with van der Waals surface area (Å²) >= 11 is 1.46. The lowest BCUT2D eigenvalue weighted by Crippen LogP contribution is -2.01. The number of carbonyl (C=O) groups excluding carboxylic acids is 1. The lowest BCUT2D eigenvalue weighted by Gasteiger charge is -1.97. The van der Waals surface area contributed by atoms with E-state index in [0.29, 0.717) is 5.76 Å². The molecule has 2 aromatic rings. The first-order valence-corrected chi connectivity index (χ1v) is 5.64. The maximum Gasteiger partial charge on any atom is 0.206 e. The second kappa shape index (κ2) is 3.66. The molecule has 0 spiro atoms. The largest absolute Gasteiger partial charge is 0.466 e. The molecule has 2 heterocycles. The molecule has 0 aliphatic carbocycles. The van der Waals surface area contributed by atoms with E-state index in [2.05, 4.69) is 0 Å². The van der Waals surface area contributed by atoms with Crippen molar-refractivity contribution in [3.05, 3.63) is 45.0 Å². The normalized spacial score (nSPS) is 10.6. The highest BCUT2D eigenvalue weighted by Crippen LogP contribution is 2.25. The third-order valence-electron chi connectivity index (χ3n) is 2.53. The van der Waals surface area contributed by atoms with Crippen molar-refractivity contribution in [3.8, 4) is 0 Å². The number of hydrogen-bond donors (Lipinski definition) is 0. The van der Waals surface area contributed by atoms with Gasteiger partial charge in [-0.05, 0) is 32.2 Å². The molecule has 0 saturated carbocycles. The van der Waals surface area contributed by atoms with Crippen molar-refractivity contribution in [2.24, 2.45) is 0 Å². The van der Waals surface area contributed by atoms with E-state index in [9.17, 15) is 4.79 Å². The molecule has 0 N–H and O–H groups in total. The van der Waals surface area contributed by atoms with Gasteiger partial charge >= 0.3 is 0 Å². The quantitative estimate of drug-likeness (QED) is 0.725. The van der Waals surface area contributed by atoms with Crippen LogP contribution in [0.3, 0.4) is 0 Å². The van der Waals surface area contributed by atoms with Gasteiger partial charge in [0.05, 0.1) is 10.4 Å². The molecule has 0 radical (unpaired) electrons. The maximum atomic E-state index is 12.1. The average Bonchev–Trinajstić information content (AvgIpc) is 2.76. The van der Waals surface area contributed by atoms with Gasteiger partial charge in [-0.15, -0.1) is 11.3 Å². The number of furan rings is 1. The fourth-order valence-electron chi connectivity index (χ4n) is 1.66. The summed E-state index contributed by atoms with van der Waals surface area (Å²) in [6, 6.07) is 3.73. The fraction of sp³-hybridized carbons (Fsp3) is 0.250. The third kappa shape index (κ3) is 1.63. The van der Waals surface area contributed by atoms with E-state index in [-0.39, 0.29) is 5.78 Å². The number of ketones is 1. The first kappa shape index (κ1) is 10.2. The maximum absolute atomic E-state index is 12.1. The van der Waals surface area contributed by atoms with Gasteiger partial charge in [0.25, 0.3) is 0 Å². The topological polar surface area (TPSA) is 30.2 Å². The predicted octanol–water partition coefficient (Wildman–Crippen LogP) is 3.50. The molecular weight excluding hydrogens is 208 g/mol. The Kier molecular flexibility index (Phi) is 2.49. The second-order valence-corrected chi connectivity index (χ2v) is 4.47. The number of thiophene rings is 1. The summed E-state index contributed by atoms with van der Waals surface area (Å²) in [6.45, 7) is 5.64. The Morgan fingerprint density at radius 2 is 2.00 bits per heavy atom. The van der Waals surface area contributed by atoms with Crippen molar-refractivity contribution in [2.45, 2.75) is 20.8 Å². The van der Waals surface area contributed by atoms with Crippen LogP contribution < -0.4 is 0 Å². The molecule has 0 saturated heterocycles. The van der Waals surface area contributed by atoms with Crippen LogP contribution in [0.25, 0.3) is 0 Å². The molecule has 2 nitrogen and oxygen atoms in total. The highest BCUT2D eigenvalue weighted by Gasteiger charge is 2.20. The molecule has 0 unspecified atom stereocenters. The van der Waals surface area contributed by atoms with Gasteiger partial charge in [0, 0.05) is 5.56 Å². The van der Waals surface area contributed by atoms with Crippen molar-refractivity contribution in [3.63, 3.8) is 0 Å². The van der Waals surface area contributed by atoms with Crippen LogP contribution in [0.2, 0.25) is 0 Å². The molecule has 0 amide bonds. The van der Waals surface area contributed by atoms with E-state index in [1.807, 2.05) is 38.3 Å². The Morgan fingerprint density at radius 3 is 2.47 bits per heavy atom. The van der Waals surface area contributed by atoms with Crippen molar-refractivity contribution in [1.82, 2.24) is 0 Å². The first-order valence-electron chi connectivity index (χ1n) is 4.76. The highest BCUT2D eigenvalue weighted by atomic mass is 32.1. The molecule has 0 atom stereocenters. The minimum atomic E-state index is 0.0665. The summed E-state index contributed by atoms with van der Waals surface area (Å²) in [7, 11) is 0. The van der Waals surface area contributed by atoms with Gasteiger partial charge < -0.3 is 4.42 Å². The smallest absolute Gasteiger partial charge is 0.206 e. The Morgan fingerprint density at radius 1 is 1.27 bits per heavy atom. The molecule has 2 rings (SSSR count). The van der Waals surface area contributed by atoms with Crippen LogP contribution in [0.5, 0.6) is 0 Å². The summed E-state index contributed by atoms with van der Waals surface area (Å²) in [4.78, 5) is 12.9. The summed E-state index contributed by atoms with van der Waals surface area (Å²) in [5.74, 6) is 1.60. The minimum Gasteiger partial charge on any atom is -0.466 e. The molecule has 0 aliphatic rings.